The van der Waals surface area contributed by atoms with Gasteiger partial charge in [-0.3, -0.25) is 5.84 Å². The maximum Gasteiger partial charge on any atom is 0.573 e. The predicted octanol–water partition coefficient (Wildman–Crippen LogP) is 2.73. The van der Waals surface area contributed by atoms with Crippen molar-refractivity contribution in [1.29, 1.82) is 0 Å². The van der Waals surface area contributed by atoms with Gasteiger partial charge in [0.1, 0.15) is 5.52 Å². The lowest BCUT2D eigenvalue weighted by atomic mass is 10.1. The molecule has 0 atom stereocenters. The zero-order valence-corrected chi connectivity index (χ0v) is 9.38. The summed E-state index contributed by atoms with van der Waals surface area (Å²) in [6, 6.07) is 5.91. The third kappa shape index (κ3) is 2.45. The Bertz CT molecular complexity index is 583. The Morgan fingerprint density at radius 3 is 2.67 bits per heavy atom. The molecule has 0 unspecified atom stereocenters. The monoisotopic (exact) mass is 257 g/mol. The second kappa shape index (κ2) is 4.34. The minimum Gasteiger partial charge on any atom is -0.403 e. The Labute approximate surface area is 101 Å². The standard InChI is InChI=1S/C11H10F3N3O/c1-6-5-8(17-15)7-3-2-4-9(10(7)16-6)18-11(12,13)14/h2-5H,15H2,1H3,(H,16,17). The number of pyridine rings is 1. The van der Waals surface area contributed by atoms with Crippen molar-refractivity contribution in [2.24, 2.45) is 5.84 Å². The number of aromatic nitrogens is 1. The van der Waals surface area contributed by atoms with E-state index < -0.39 is 6.36 Å². The smallest absolute Gasteiger partial charge is 0.403 e. The van der Waals surface area contributed by atoms with E-state index in [9.17, 15) is 13.2 Å². The highest BCUT2D eigenvalue weighted by atomic mass is 19.4. The molecule has 0 amide bonds. The first-order valence-electron chi connectivity index (χ1n) is 5.03. The van der Waals surface area contributed by atoms with Crippen LogP contribution in [0.2, 0.25) is 0 Å². The maximum atomic E-state index is 12.3. The molecule has 0 radical (unpaired) electrons. The number of hydrazine groups is 1. The quantitative estimate of drug-likeness (QED) is 0.641. The molecule has 0 fully saturated rings. The molecule has 0 saturated carbocycles. The van der Waals surface area contributed by atoms with E-state index in [2.05, 4.69) is 15.1 Å². The van der Waals surface area contributed by atoms with Crippen LogP contribution in [0.4, 0.5) is 18.9 Å². The number of para-hydroxylation sites is 1. The molecule has 3 N–H and O–H groups in total. The summed E-state index contributed by atoms with van der Waals surface area (Å²) in [4.78, 5) is 4.05. The Hall–Kier alpha value is -2.02. The van der Waals surface area contributed by atoms with Gasteiger partial charge in [-0.05, 0) is 19.1 Å². The molecule has 96 valence electrons. The van der Waals surface area contributed by atoms with Crippen LogP contribution in [-0.4, -0.2) is 11.3 Å². The van der Waals surface area contributed by atoms with Gasteiger partial charge in [0.2, 0.25) is 0 Å². The number of hydrogen-bond donors (Lipinski definition) is 2. The van der Waals surface area contributed by atoms with Crippen LogP contribution < -0.4 is 16.0 Å². The number of nitrogen functional groups attached to an aromatic ring is 1. The number of alkyl halides is 3. The Morgan fingerprint density at radius 1 is 1.33 bits per heavy atom. The van der Waals surface area contributed by atoms with E-state index in [0.717, 1.165) is 0 Å². The molecular formula is C11H10F3N3O. The number of nitrogens with two attached hydrogens (primary N) is 1. The second-order valence-electron chi connectivity index (χ2n) is 3.66. The van der Waals surface area contributed by atoms with Crippen LogP contribution in [0, 0.1) is 6.92 Å². The second-order valence-corrected chi connectivity index (χ2v) is 3.66. The van der Waals surface area contributed by atoms with Gasteiger partial charge in [0.25, 0.3) is 0 Å². The van der Waals surface area contributed by atoms with Gasteiger partial charge < -0.3 is 10.2 Å². The summed E-state index contributed by atoms with van der Waals surface area (Å²) >= 11 is 0. The highest BCUT2D eigenvalue weighted by Gasteiger charge is 2.32. The molecule has 0 spiro atoms. The summed E-state index contributed by atoms with van der Waals surface area (Å²) in [5, 5.41) is 0.463. The van der Waals surface area contributed by atoms with Crippen molar-refractivity contribution in [3.8, 4) is 5.75 Å². The number of nitrogens with one attached hydrogen (secondary N) is 1. The fraction of sp³-hybridized carbons (Fsp3) is 0.182. The number of nitrogens with zero attached hydrogens (tertiary/aromatic N) is 1. The van der Waals surface area contributed by atoms with Crippen molar-refractivity contribution in [2.75, 3.05) is 5.43 Å². The van der Waals surface area contributed by atoms with Gasteiger partial charge in [-0.2, -0.15) is 0 Å². The maximum absolute atomic E-state index is 12.3. The number of ether oxygens (including phenoxy) is 1. The SMILES string of the molecule is Cc1cc(NN)c2cccc(OC(F)(F)F)c2n1. The molecule has 0 saturated heterocycles. The third-order valence-corrected chi connectivity index (χ3v) is 2.31. The number of hydrogen-bond acceptors (Lipinski definition) is 4. The Kier molecular flexibility index (Phi) is 3.00. The van der Waals surface area contributed by atoms with Gasteiger partial charge in [-0.25, -0.2) is 4.98 Å². The third-order valence-electron chi connectivity index (χ3n) is 2.31. The first kappa shape index (κ1) is 12.4. The van der Waals surface area contributed by atoms with Crippen LogP contribution in [-0.2, 0) is 0 Å². The topological polar surface area (TPSA) is 60.2 Å². The predicted molar refractivity (Wildman–Crippen MR) is 61.0 cm³/mol. The lowest BCUT2D eigenvalue weighted by molar-refractivity contribution is -0.274. The van der Waals surface area contributed by atoms with Crippen molar-refractivity contribution >= 4 is 16.6 Å². The molecule has 0 bridgehead atoms. The van der Waals surface area contributed by atoms with E-state index in [-0.39, 0.29) is 11.3 Å². The van der Waals surface area contributed by atoms with Crippen molar-refractivity contribution in [3.05, 3.63) is 30.0 Å². The highest BCUT2D eigenvalue weighted by Crippen LogP contribution is 2.32. The molecule has 1 aromatic heterocycles. The molecule has 2 rings (SSSR count). The van der Waals surface area contributed by atoms with Crippen molar-refractivity contribution in [3.63, 3.8) is 0 Å². The van der Waals surface area contributed by atoms with E-state index in [4.69, 9.17) is 5.84 Å². The lowest BCUT2D eigenvalue weighted by Crippen LogP contribution is -2.17. The molecular weight excluding hydrogens is 247 g/mol. The van der Waals surface area contributed by atoms with Gasteiger partial charge in [0.15, 0.2) is 5.75 Å². The number of rotatable bonds is 2. The molecule has 2 aromatic rings. The summed E-state index contributed by atoms with van der Waals surface area (Å²) in [6.45, 7) is 1.66. The number of halogens is 3. The van der Waals surface area contributed by atoms with Gasteiger partial charge in [0, 0.05) is 11.1 Å². The minimum absolute atomic E-state index is 0.114. The average Bonchev–Trinajstić information content (AvgIpc) is 2.27. The number of anilines is 1. The van der Waals surface area contributed by atoms with Crippen molar-refractivity contribution < 1.29 is 17.9 Å². The van der Waals surface area contributed by atoms with Crippen LogP contribution in [0.25, 0.3) is 10.9 Å². The van der Waals surface area contributed by atoms with Gasteiger partial charge >= 0.3 is 6.36 Å². The van der Waals surface area contributed by atoms with E-state index in [0.29, 0.717) is 16.8 Å². The first-order valence-corrected chi connectivity index (χ1v) is 5.03. The zero-order chi connectivity index (χ0) is 13.3. The van der Waals surface area contributed by atoms with Crippen LogP contribution in [0.3, 0.4) is 0 Å². The summed E-state index contributed by atoms with van der Waals surface area (Å²) < 4.78 is 40.7. The molecule has 0 aliphatic rings. The van der Waals surface area contributed by atoms with Crippen LogP contribution in [0.15, 0.2) is 24.3 Å². The van der Waals surface area contributed by atoms with Crippen molar-refractivity contribution in [1.82, 2.24) is 4.98 Å². The summed E-state index contributed by atoms with van der Waals surface area (Å²) in [6.07, 6.45) is -4.75. The summed E-state index contributed by atoms with van der Waals surface area (Å²) in [5.41, 5.74) is 3.56. The number of benzene rings is 1. The van der Waals surface area contributed by atoms with Crippen LogP contribution >= 0.6 is 0 Å². The first-order chi connectivity index (χ1) is 8.40. The highest BCUT2D eigenvalue weighted by molar-refractivity contribution is 5.94. The minimum atomic E-state index is -4.75. The van der Waals surface area contributed by atoms with Gasteiger partial charge in [0.05, 0.1) is 5.69 Å². The molecule has 1 heterocycles. The molecule has 18 heavy (non-hydrogen) atoms. The molecule has 1 aromatic carbocycles. The molecule has 7 heteroatoms. The van der Waals surface area contributed by atoms with Crippen LogP contribution in [0.1, 0.15) is 5.69 Å². The van der Waals surface area contributed by atoms with E-state index in [1.165, 1.54) is 12.1 Å². The van der Waals surface area contributed by atoms with Gasteiger partial charge in [-0.1, -0.05) is 12.1 Å². The zero-order valence-electron chi connectivity index (χ0n) is 9.38. The number of fused-ring (bicyclic) bond motifs is 1. The fourth-order valence-corrected chi connectivity index (χ4v) is 1.68. The van der Waals surface area contributed by atoms with Crippen molar-refractivity contribution in [2.45, 2.75) is 13.3 Å². The Balaban J connectivity index is 2.65. The number of aryl methyl sites for hydroxylation is 1. The average molecular weight is 257 g/mol. The normalized spacial score (nSPS) is 11.6. The fourth-order valence-electron chi connectivity index (χ4n) is 1.68. The van der Waals surface area contributed by atoms with Gasteiger partial charge in [-0.15, -0.1) is 13.2 Å². The largest absolute Gasteiger partial charge is 0.573 e. The Morgan fingerprint density at radius 2 is 2.06 bits per heavy atom. The van der Waals surface area contributed by atoms with E-state index in [1.807, 2.05) is 0 Å². The van der Waals surface area contributed by atoms with Crippen LogP contribution in [0.5, 0.6) is 5.75 Å². The summed E-state index contributed by atoms with van der Waals surface area (Å²) in [5.74, 6) is 4.97. The molecule has 4 nitrogen and oxygen atoms in total. The summed E-state index contributed by atoms with van der Waals surface area (Å²) in [7, 11) is 0. The van der Waals surface area contributed by atoms with E-state index >= 15 is 0 Å². The van der Waals surface area contributed by atoms with E-state index in [1.54, 1.807) is 19.1 Å². The lowest BCUT2D eigenvalue weighted by Gasteiger charge is -2.13. The molecule has 0 aliphatic heterocycles. The molecule has 0 aliphatic carbocycles.